The lowest BCUT2D eigenvalue weighted by Gasteiger charge is -2.25. The number of alkyl halides is 3. The van der Waals surface area contributed by atoms with Crippen molar-refractivity contribution in [3.63, 3.8) is 0 Å². The third-order valence-electron chi connectivity index (χ3n) is 5.74. The van der Waals surface area contributed by atoms with Crippen LogP contribution in [-0.4, -0.2) is 73.7 Å². The van der Waals surface area contributed by atoms with E-state index in [2.05, 4.69) is 21.9 Å². The topological polar surface area (TPSA) is 86.9 Å². The number of hydrogen-bond acceptors (Lipinski definition) is 5. The van der Waals surface area contributed by atoms with Crippen LogP contribution < -0.4 is 0 Å². The van der Waals surface area contributed by atoms with Crippen LogP contribution in [0.2, 0.25) is 0 Å². The first-order valence-electron chi connectivity index (χ1n) is 12.6. The van der Waals surface area contributed by atoms with Crippen molar-refractivity contribution in [2.24, 2.45) is 26.8 Å². The molecule has 0 heterocycles. The number of carboxylic acid groups (broad SMARTS) is 1. The Morgan fingerprint density at radius 3 is 2.46 bits per heavy atom. The summed E-state index contributed by atoms with van der Waals surface area (Å²) >= 11 is 0. The highest BCUT2D eigenvalue weighted by molar-refractivity contribution is 5.93. The summed E-state index contributed by atoms with van der Waals surface area (Å²) in [5, 5.41) is 9.09. The first-order chi connectivity index (χ1) is 17.3. The predicted molar refractivity (Wildman–Crippen MR) is 143 cm³/mol. The van der Waals surface area contributed by atoms with Crippen molar-refractivity contribution in [2.75, 3.05) is 27.2 Å². The van der Waals surface area contributed by atoms with Crippen molar-refractivity contribution in [3.8, 4) is 0 Å². The van der Waals surface area contributed by atoms with Crippen LogP contribution in [0.3, 0.4) is 0 Å². The van der Waals surface area contributed by atoms with Crippen LogP contribution in [0.15, 0.2) is 49.7 Å². The molecule has 1 aliphatic carbocycles. The molecule has 1 rings (SSSR count). The maximum absolute atomic E-state index is 13.7. The van der Waals surface area contributed by atoms with E-state index in [9.17, 15) is 18.0 Å². The van der Waals surface area contributed by atoms with E-state index in [1.54, 1.807) is 44.3 Å². The number of halogens is 3. The van der Waals surface area contributed by atoms with Gasteiger partial charge in [-0.15, -0.1) is 0 Å². The van der Waals surface area contributed by atoms with Gasteiger partial charge >= 0.3 is 12.1 Å². The fraction of sp³-hybridized carbons (Fsp3) is 0.630. The molecule has 0 saturated heterocycles. The highest BCUT2D eigenvalue weighted by atomic mass is 19.4. The second-order valence-corrected chi connectivity index (χ2v) is 9.38. The second-order valence-electron chi connectivity index (χ2n) is 9.38. The molecule has 0 aromatic heterocycles. The number of rotatable bonds is 13. The number of aliphatic imine (C=N–C) groups is 3. The molecule has 0 spiro atoms. The van der Waals surface area contributed by atoms with Gasteiger partial charge < -0.3 is 9.84 Å². The smallest absolute Gasteiger partial charge is 0.416 e. The molecule has 0 bridgehead atoms. The maximum atomic E-state index is 13.7. The number of nitrogens with zero attached hydrogens (tertiary/aromatic N) is 4. The highest BCUT2D eigenvalue weighted by Gasteiger charge is 2.40. The summed E-state index contributed by atoms with van der Waals surface area (Å²) in [5.41, 5.74) is 1.22. The summed E-state index contributed by atoms with van der Waals surface area (Å²) in [7, 11) is 3.26. The van der Waals surface area contributed by atoms with Gasteiger partial charge in [0, 0.05) is 31.9 Å². The van der Waals surface area contributed by atoms with Crippen LogP contribution in [0.5, 0.6) is 0 Å². The van der Waals surface area contributed by atoms with Crippen LogP contribution >= 0.6 is 0 Å². The van der Waals surface area contributed by atoms with E-state index < -0.39 is 23.6 Å². The Bertz CT molecular complexity index is 947. The van der Waals surface area contributed by atoms with Crippen LogP contribution in [0.1, 0.15) is 60.3 Å². The van der Waals surface area contributed by atoms with Gasteiger partial charge in [-0.25, -0.2) is 4.99 Å². The van der Waals surface area contributed by atoms with E-state index in [0.29, 0.717) is 18.8 Å². The van der Waals surface area contributed by atoms with E-state index in [1.807, 2.05) is 13.8 Å². The number of ether oxygens (including phenoxy) is 1. The van der Waals surface area contributed by atoms with Crippen molar-refractivity contribution in [1.29, 1.82) is 0 Å². The Morgan fingerprint density at radius 1 is 1.27 bits per heavy atom. The minimum absolute atomic E-state index is 0.0531. The van der Waals surface area contributed by atoms with Gasteiger partial charge in [-0.3, -0.25) is 19.7 Å². The van der Waals surface area contributed by atoms with Gasteiger partial charge in [0.15, 0.2) is 0 Å². The van der Waals surface area contributed by atoms with Crippen molar-refractivity contribution in [3.05, 3.63) is 34.8 Å². The van der Waals surface area contributed by atoms with Gasteiger partial charge in [-0.2, -0.15) is 13.2 Å². The number of aliphatic carboxylic acids is 1. The normalized spacial score (nSPS) is 18.9. The van der Waals surface area contributed by atoms with E-state index in [0.717, 1.165) is 24.1 Å². The largest absolute Gasteiger partial charge is 0.491 e. The quantitative estimate of drug-likeness (QED) is 0.232. The second kappa shape index (κ2) is 15.5. The van der Waals surface area contributed by atoms with Crippen LogP contribution in [-0.2, 0) is 9.53 Å². The van der Waals surface area contributed by atoms with Crippen molar-refractivity contribution < 1.29 is 27.8 Å². The van der Waals surface area contributed by atoms with E-state index in [4.69, 9.17) is 9.84 Å². The lowest BCUT2D eigenvalue weighted by molar-refractivity contribution is -0.137. The Morgan fingerprint density at radius 2 is 1.95 bits per heavy atom. The molecular weight excluding hydrogens is 485 g/mol. The molecule has 0 aromatic carbocycles. The minimum Gasteiger partial charge on any atom is -0.491 e. The molecule has 0 radical (unpaired) electrons. The van der Waals surface area contributed by atoms with E-state index in [1.165, 1.54) is 13.1 Å². The SMILES string of the molecule is CC=N/C(CN(C)CC(=O)O)=C(/CCC)C(C)CC=NC(=NC)C1C=CC(OC(C)C)=C(C(F)(F)F)C1. The van der Waals surface area contributed by atoms with Gasteiger partial charge in [0.25, 0.3) is 0 Å². The molecule has 2 unspecified atom stereocenters. The van der Waals surface area contributed by atoms with Crippen molar-refractivity contribution in [2.45, 2.75) is 72.6 Å². The fourth-order valence-corrected chi connectivity index (χ4v) is 4.12. The maximum Gasteiger partial charge on any atom is 0.416 e. The molecule has 10 heteroatoms. The predicted octanol–water partition coefficient (Wildman–Crippen LogP) is 6.09. The van der Waals surface area contributed by atoms with Gasteiger partial charge in [-0.05, 0) is 64.6 Å². The monoisotopic (exact) mass is 526 g/mol. The summed E-state index contributed by atoms with van der Waals surface area (Å²) in [6, 6.07) is 0. The Kier molecular flexibility index (Phi) is 13.5. The first-order valence-corrected chi connectivity index (χ1v) is 12.6. The number of carboxylic acids is 1. The molecule has 1 aliphatic rings. The molecule has 0 saturated carbocycles. The zero-order valence-corrected chi connectivity index (χ0v) is 23.0. The number of allylic oxidation sites excluding steroid dienone is 3. The molecule has 37 heavy (non-hydrogen) atoms. The van der Waals surface area contributed by atoms with Gasteiger partial charge in [0.1, 0.15) is 11.6 Å². The highest BCUT2D eigenvalue weighted by Crippen LogP contribution is 2.38. The molecule has 7 nitrogen and oxygen atoms in total. The third kappa shape index (κ3) is 11.0. The fourth-order valence-electron chi connectivity index (χ4n) is 4.12. The summed E-state index contributed by atoms with van der Waals surface area (Å²) in [5.74, 6) is -1.30. The number of likely N-dealkylation sites (N-methyl/N-ethyl adjacent to an activating group) is 1. The lowest BCUT2D eigenvalue weighted by Crippen LogP contribution is -2.28. The minimum atomic E-state index is -4.51. The Balaban J connectivity index is 3.08. The zero-order valence-electron chi connectivity index (χ0n) is 23.0. The van der Waals surface area contributed by atoms with E-state index in [-0.39, 0.29) is 30.7 Å². The zero-order chi connectivity index (χ0) is 28.2. The average Bonchev–Trinajstić information content (AvgIpc) is 2.78. The first kappa shape index (κ1) is 32.3. The Labute approximate surface area is 218 Å². The average molecular weight is 527 g/mol. The lowest BCUT2D eigenvalue weighted by atomic mass is 9.91. The van der Waals surface area contributed by atoms with Crippen molar-refractivity contribution in [1.82, 2.24) is 4.90 Å². The summed E-state index contributed by atoms with van der Waals surface area (Å²) in [6.07, 6.45) is 3.48. The molecule has 1 N–H and O–H groups in total. The summed E-state index contributed by atoms with van der Waals surface area (Å²) in [4.78, 5) is 25.9. The summed E-state index contributed by atoms with van der Waals surface area (Å²) < 4.78 is 46.5. The molecule has 0 aromatic rings. The van der Waals surface area contributed by atoms with Crippen molar-refractivity contribution >= 4 is 24.2 Å². The number of carbonyl (C=O) groups is 1. The number of hydrogen-bond donors (Lipinski definition) is 1. The molecule has 0 aliphatic heterocycles. The summed E-state index contributed by atoms with van der Waals surface area (Å²) in [6.45, 7) is 9.60. The van der Waals surface area contributed by atoms with Crippen LogP contribution in [0.25, 0.3) is 0 Å². The standard InChI is InChI=1S/C27H41F3N4O3/c1-8-10-21(23(32-9-2)16-34(7)17-25(35)36)19(5)13-14-33-26(31-6)20-11-12-24(37-18(3)4)22(15-20)27(28,29)30/h9,11-12,14,18-20H,8,10,13,15-17H2,1-7H3,(H,35,36)/b23-21-,31-26?,32-9?,33-14?. The van der Waals surface area contributed by atoms with Gasteiger partial charge in [0.2, 0.25) is 0 Å². The number of amidine groups is 1. The van der Waals surface area contributed by atoms with Gasteiger partial charge in [-0.1, -0.05) is 26.3 Å². The molecule has 2 atom stereocenters. The molecule has 208 valence electrons. The molecular formula is C27H41F3N4O3. The third-order valence-corrected chi connectivity index (χ3v) is 5.74. The molecule has 0 fully saturated rings. The van der Waals surface area contributed by atoms with E-state index >= 15 is 0 Å². The van der Waals surface area contributed by atoms with Gasteiger partial charge in [0.05, 0.1) is 23.9 Å². The van der Waals surface area contributed by atoms with Crippen LogP contribution in [0.4, 0.5) is 13.2 Å². The molecule has 0 amide bonds. The van der Waals surface area contributed by atoms with Crippen LogP contribution in [0, 0.1) is 11.8 Å². The Hall–Kier alpha value is -2.75.